The molecule has 20 heavy (non-hydrogen) atoms. The topological polar surface area (TPSA) is 51.5 Å². The fourth-order valence-electron chi connectivity index (χ4n) is 1.71. The lowest BCUT2D eigenvalue weighted by Crippen LogP contribution is -1.94. The number of para-hydroxylation sites is 1. The predicted octanol–water partition coefficient (Wildman–Crippen LogP) is 4.02. The first-order valence-corrected chi connectivity index (χ1v) is 6.16. The number of halogens is 1. The Morgan fingerprint density at radius 2 is 1.80 bits per heavy atom. The third kappa shape index (κ3) is 2.79. The van der Waals surface area contributed by atoms with E-state index in [0.29, 0.717) is 33.6 Å². The second-order valence-electron chi connectivity index (χ2n) is 3.85. The van der Waals surface area contributed by atoms with Crippen LogP contribution in [0.15, 0.2) is 36.4 Å². The van der Waals surface area contributed by atoms with Gasteiger partial charge in [0.1, 0.15) is 11.8 Å². The molecule has 0 unspecified atom stereocenters. The van der Waals surface area contributed by atoms with Crippen LogP contribution in [0.1, 0.15) is 5.56 Å². The second-order valence-corrected chi connectivity index (χ2v) is 4.25. The van der Waals surface area contributed by atoms with Crippen LogP contribution in [0.2, 0.25) is 5.02 Å². The third-order valence-corrected chi connectivity index (χ3v) is 2.97. The molecular weight excluding hydrogens is 278 g/mol. The first kappa shape index (κ1) is 14.0. The molecule has 5 heteroatoms. The van der Waals surface area contributed by atoms with Gasteiger partial charge >= 0.3 is 0 Å². The van der Waals surface area contributed by atoms with Crippen molar-refractivity contribution in [1.29, 1.82) is 5.26 Å². The van der Waals surface area contributed by atoms with E-state index < -0.39 is 0 Å². The fraction of sp³-hybridized carbons (Fsp3) is 0.133. The highest BCUT2D eigenvalue weighted by Gasteiger charge is 2.12. The van der Waals surface area contributed by atoms with E-state index in [1.54, 1.807) is 43.5 Å². The Bertz CT molecular complexity index is 665. The van der Waals surface area contributed by atoms with Crippen molar-refractivity contribution in [3.8, 4) is 29.1 Å². The van der Waals surface area contributed by atoms with Gasteiger partial charge in [-0.25, -0.2) is 0 Å². The van der Waals surface area contributed by atoms with E-state index in [2.05, 4.69) is 0 Å². The van der Waals surface area contributed by atoms with E-state index >= 15 is 0 Å². The molecule has 0 radical (unpaired) electrons. The summed E-state index contributed by atoms with van der Waals surface area (Å²) < 4.78 is 16.2. The van der Waals surface area contributed by atoms with Crippen molar-refractivity contribution in [2.24, 2.45) is 0 Å². The summed E-state index contributed by atoms with van der Waals surface area (Å²) in [6, 6.07) is 12.2. The first-order valence-electron chi connectivity index (χ1n) is 5.78. The number of rotatable bonds is 4. The molecule has 0 amide bonds. The second kappa shape index (κ2) is 6.18. The number of methoxy groups -OCH3 is 2. The summed E-state index contributed by atoms with van der Waals surface area (Å²) in [5.74, 6) is 2.09. The largest absolute Gasteiger partial charge is 0.493 e. The number of hydrogen-bond donors (Lipinski definition) is 0. The molecule has 0 fully saturated rings. The van der Waals surface area contributed by atoms with Crippen LogP contribution in [0, 0.1) is 11.3 Å². The summed E-state index contributed by atoms with van der Waals surface area (Å²) in [7, 11) is 3.09. The monoisotopic (exact) mass is 289 g/mol. The maximum atomic E-state index is 8.84. The van der Waals surface area contributed by atoms with Crippen molar-refractivity contribution < 1.29 is 14.2 Å². The molecular formula is C15H12ClNO3. The van der Waals surface area contributed by atoms with Crippen LogP contribution >= 0.6 is 11.6 Å². The van der Waals surface area contributed by atoms with E-state index in [4.69, 9.17) is 31.1 Å². The van der Waals surface area contributed by atoms with Crippen LogP contribution in [-0.2, 0) is 0 Å². The molecule has 102 valence electrons. The van der Waals surface area contributed by atoms with Crippen molar-refractivity contribution in [3.05, 3.63) is 47.0 Å². The van der Waals surface area contributed by atoms with Crippen molar-refractivity contribution in [1.82, 2.24) is 0 Å². The molecule has 0 atom stereocenters. The number of nitriles is 1. The predicted molar refractivity (Wildman–Crippen MR) is 75.8 cm³/mol. The molecule has 2 rings (SSSR count). The Morgan fingerprint density at radius 3 is 2.40 bits per heavy atom. The number of benzene rings is 2. The molecule has 0 aliphatic heterocycles. The highest BCUT2D eigenvalue weighted by Crippen LogP contribution is 2.39. The fourth-order valence-corrected chi connectivity index (χ4v) is 1.93. The molecule has 2 aromatic carbocycles. The molecule has 0 aliphatic rings. The van der Waals surface area contributed by atoms with Crippen LogP contribution in [0.25, 0.3) is 0 Å². The van der Waals surface area contributed by atoms with Crippen LogP contribution in [0.4, 0.5) is 0 Å². The smallest absolute Gasteiger partial charge is 0.203 e. The van der Waals surface area contributed by atoms with Crippen LogP contribution in [-0.4, -0.2) is 14.2 Å². The van der Waals surface area contributed by atoms with E-state index in [1.165, 1.54) is 7.11 Å². The van der Waals surface area contributed by atoms with Gasteiger partial charge in [-0.2, -0.15) is 5.26 Å². The summed E-state index contributed by atoms with van der Waals surface area (Å²) >= 11 is 5.97. The summed E-state index contributed by atoms with van der Waals surface area (Å²) in [6.45, 7) is 0. The van der Waals surface area contributed by atoms with Crippen molar-refractivity contribution in [3.63, 3.8) is 0 Å². The zero-order valence-corrected chi connectivity index (χ0v) is 11.8. The van der Waals surface area contributed by atoms with Crippen LogP contribution in [0.3, 0.4) is 0 Å². The van der Waals surface area contributed by atoms with Crippen molar-refractivity contribution in [2.75, 3.05) is 14.2 Å². The molecule has 4 nitrogen and oxygen atoms in total. The summed E-state index contributed by atoms with van der Waals surface area (Å²) in [5.41, 5.74) is 0.400. The first-order chi connectivity index (χ1) is 9.69. The van der Waals surface area contributed by atoms with Crippen molar-refractivity contribution in [2.45, 2.75) is 0 Å². The van der Waals surface area contributed by atoms with Gasteiger partial charge in [0.05, 0.1) is 24.8 Å². The Balaban J connectivity index is 2.35. The lowest BCUT2D eigenvalue weighted by Gasteiger charge is -2.13. The summed E-state index contributed by atoms with van der Waals surface area (Å²) in [5, 5.41) is 9.18. The van der Waals surface area contributed by atoms with Gasteiger partial charge in [-0.05, 0) is 24.3 Å². The Labute approximate surface area is 122 Å². The third-order valence-electron chi connectivity index (χ3n) is 2.66. The molecule has 0 heterocycles. The number of nitrogens with zero attached hydrogens (tertiary/aromatic N) is 1. The van der Waals surface area contributed by atoms with Gasteiger partial charge in [-0.15, -0.1) is 0 Å². The lowest BCUT2D eigenvalue weighted by atomic mass is 10.2. The van der Waals surface area contributed by atoms with Gasteiger partial charge in [-0.1, -0.05) is 17.7 Å². The van der Waals surface area contributed by atoms with Gasteiger partial charge in [0.15, 0.2) is 11.5 Å². The van der Waals surface area contributed by atoms with Crippen LogP contribution in [0.5, 0.6) is 23.0 Å². The normalized spacial score (nSPS) is 9.70. The van der Waals surface area contributed by atoms with E-state index in [-0.39, 0.29) is 0 Å². The molecule has 2 aromatic rings. The van der Waals surface area contributed by atoms with E-state index in [1.807, 2.05) is 6.07 Å². The average molecular weight is 290 g/mol. The zero-order valence-electron chi connectivity index (χ0n) is 11.0. The molecule has 0 saturated heterocycles. The van der Waals surface area contributed by atoms with E-state index in [0.717, 1.165) is 0 Å². The molecule has 0 aliphatic carbocycles. The molecule has 0 bridgehead atoms. The standard InChI is InChI=1S/C15H12ClNO3/c1-18-13-4-3-5-14(15(13)19-2)20-11-7-6-10(9-17)12(16)8-11/h3-8H,1-2H3. The minimum absolute atomic E-state index is 0.340. The maximum absolute atomic E-state index is 8.84. The minimum atomic E-state index is 0.340. The van der Waals surface area contributed by atoms with Gasteiger partial charge in [0.2, 0.25) is 5.75 Å². The van der Waals surface area contributed by atoms with Gasteiger partial charge < -0.3 is 14.2 Å². The summed E-state index contributed by atoms with van der Waals surface area (Å²) in [4.78, 5) is 0. The highest BCUT2D eigenvalue weighted by atomic mass is 35.5. The highest BCUT2D eigenvalue weighted by molar-refractivity contribution is 6.31. The van der Waals surface area contributed by atoms with Gasteiger partial charge in [0.25, 0.3) is 0 Å². The summed E-state index contributed by atoms with van der Waals surface area (Å²) in [6.07, 6.45) is 0. The Morgan fingerprint density at radius 1 is 1.05 bits per heavy atom. The van der Waals surface area contributed by atoms with Gasteiger partial charge in [-0.3, -0.25) is 0 Å². The maximum Gasteiger partial charge on any atom is 0.203 e. The molecule has 0 saturated carbocycles. The molecule has 0 spiro atoms. The SMILES string of the molecule is COc1cccc(Oc2ccc(C#N)c(Cl)c2)c1OC. The van der Waals surface area contributed by atoms with Gasteiger partial charge in [0, 0.05) is 6.07 Å². The minimum Gasteiger partial charge on any atom is -0.493 e. The Hall–Kier alpha value is -2.38. The molecule has 0 aromatic heterocycles. The Kier molecular flexibility index (Phi) is 4.34. The number of ether oxygens (including phenoxy) is 3. The van der Waals surface area contributed by atoms with Crippen LogP contribution < -0.4 is 14.2 Å². The number of hydrogen-bond acceptors (Lipinski definition) is 4. The molecule has 0 N–H and O–H groups in total. The zero-order chi connectivity index (χ0) is 14.5. The van der Waals surface area contributed by atoms with E-state index in [9.17, 15) is 0 Å². The quantitative estimate of drug-likeness (QED) is 0.853. The van der Waals surface area contributed by atoms with Crippen molar-refractivity contribution >= 4 is 11.6 Å². The lowest BCUT2D eigenvalue weighted by molar-refractivity contribution is 0.336. The average Bonchev–Trinajstić information content (AvgIpc) is 2.47.